The largest absolute Gasteiger partial charge is 0.463 e. The van der Waals surface area contributed by atoms with E-state index in [-0.39, 0.29) is 0 Å². The summed E-state index contributed by atoms with van der Waals surface area (Å²) in [6, 6.07) is 7.07. The first-order valence-electron chi connectivity index (χ1n) is 12.4. The molecule has 1 saturated carbocycles. The summed E-state index contributed by atoms with van der Waals surface area (Å²) in [5.41, 5.74) is 3.54. The third kappa shape index (κ3) is 7.89. The summed E-state index contributed by atoms with van der Waals surface area (Å²) < 4.78 is 7.11. The van der Waals surface area contributed by atoms with Gasteiger partial charge >= 0.3 is 6.01 Å². The number of rotatable bonds is 12. The third-order valence-electron chi connectivity index (χ3n) is 6.69. The fraction of sp³-hybridized carbons (Fsp3) is 0.630. The number of hydrogen-bond acceptors (Lipinski definition) is 3. The Balaban J connectivity index is 1.45. The molecular weight excluding hydrogens is 448 g/mol. The van der Waals surface area contributed by atoms with Gasteiger partial charge in [-0.2, -0.15) is 0 Å². The molecule has 1 aliphatic rings. The van der Waals surface area contributed by atoms with Gasteiger partial charge in [0.2, 0.25) is 0 Å². The van der Waals surface area contributed by atoms with E-state index in [0.29, 0.717) is 11.9 Å². The van der Waals surface area contributed by atoms with Gasteiger partial charge in [-0.15, -0.1) is 0 Å². The van der Waals surface area contributed by atoms with Crippen molar-refractivity contribution in [3.63, 3.8) is 0 Å². The fourth-order valence-electron chi connectivity index (χ4n) is 4.60. The van der Waals surface area contributed by atoms with Gasteiger partial charge in [0.25, 0.3) is 0 Å². The number of aryl methyl sites for hydroxylation is 1. The van der Waals surface area contributed by atoms with Crippen LogP contribution < -0.4 is 4.74 Å². The van der Waals surface area contributed by atoms with Gasteiger partial charge in [-0.05, 0) is 54.7 Å². The second-order valence-corrected chi connectivity index (χ2v) is 10.1. The lowest BCUT2D eigenvalue weighted by molar-refractivity contribution is 0.169. The van der Waals surface area contributed by atoms with Crippen molar-refractivity contribution >= 4 is 15.9 Å². The van der Waals surface area contributed by atoms with Crippen molar-refractivity contribution in [1.82, 2.24) is 9.97 Å². The monoisotopic (exact) mass is 486 g/mol. The first-order chi connectivity index (χ1) is 15.2. The number of unbranched alkanes of at least 4 members (excludes halogenated alkanes) is 4. The smallest absolute Gasteiger partial charge is 0.316 e. The number of hydrogen-bond donors (Lipinski definition) is 0. The van der Waals surface area contributed by atoms with E-state index in [2.05, 4.69) is 57.9 Å². The average molecular weight is 488 g/mol. The highest BCUT2D eigenvalue weighted by molar-refractivity contribution is 9.10. The van der Waals surface area contributed by atoms with Crippen LogP contribution in [0.4, 0.5) is 0 Å². The minimum Gasteiger partial charge on any atom is -0.463 e. The van der Waals surface area contributed by atoms with E-state index in [9.17, 15) is 0 Å². The van der Waals surface area contributed by atoms with Crippen LogP contribution >= 0.6 is 15.9 Å². The molecule has 0 spiro atoms. The van der Waals surface area contributed by atoms with E-state index in [1.807, 2.05) is 12.4 Å². The van der Waals surface area contributed by atoms with Crippen LogP contribution in [0.1, 0.15) is 90.0 Å². The molecule has 1 aromatic heterocycles. The number of nitrogens with zero attached hydrogens (tertiary/aromatic N) is 2. The number of halogens is 1. The molecule has 0 atom stereocenters. The van der Waals surface area contributed by atoms with Crippen LogP contribution in [0.3, 0.4) is 0 Å². The van der Waals surface area contributed by atoms with Gasteiger partial charge in [0.1, 0.15) is 0 Å². The van der Waals surface area contributed by atoms with Crippen LogP contribution in [-0.2, 0) is 6.42 Å². The van der Waals surface area contributed by atoms with E-state index in [4.69, 9.17) is 4.74 Å². The minimum atomic E-state index is 0.504. The summed E-state index contributed by atoms with van der Waals surface area (Å²) in [4.78, 5) is 8.94. The number of benzene rings is 1. The third-order valence-corrected chi connectivity index (χ3v) is 7.43. The van der Waals surface area contributed by atoms with Gasteiger partial charge in [0.15, 0.2) is 0 Å². The predicted molar refractivity (Wildman–Crippen MR) is 133 cm³/mol. The van der Waals surface area contributed by atoms with E-state index < -0.39 is 0 Å². The molecule has 3 nitrogen and oxygen atoms in total. The van der Waals surface area contributed by atoms with Gasteiger partial charge in [-0.1, -0.05) is 93.3 Å². The van der Waals surface area contributed by atoms with Crippen LogP contribution in [0.2, 0.25) is 0 Å². The Kier molecular flexibility index (Phi) is 10.3. The maximum absolute atomic E-state index is 5.94. The van der Waals surface area contributed by atoms with Crippen LogP contribution in [-0.4, -0.2) is 16.6 Å². The van der Waals surface area contributed by atoms with Crippen molar-refractivity contribution in [2.45, 2.75) is 90.9 Å². The van der Waals surface area contributed by atoms with Gasteiger partial charge in [0, 0.05) is 22.4 Å². The first kappa shape index (κ1) is 24.2. The summed E-state index contributed by atoms with van der Waals surface area (Å²) in [5.74, 6) is 1.60. The molecule has 0 unspecified atom stereocenters. The van der Waals surface area contributed by atoms with Crippen LogP contribution in [0.25, 0.3) is 11.1 Å². The zero-order valence-corrected chi connectivity index (χ0v) is 21.0. The Morgan fingerprint density at radius 3 is 2.23 bits per heavy atom. The second-order valence-electron chi connectivity index (χ2n) is 9.21. The summed E-state index contributed by atoms with van der Waals surface area (Å²) in [7, 11) is 0. The van der Waals surface area contributed by atoms with Crippen molar-refractivity contribution in [2.24, 2.45) is 11.8 Å². The van der Waals surface area contributed by atoms with Gasteiger partial charge in [-0.25, -0.2) is 9.97 Å². The predicted octanol–water partition coefficient (Wildman–Crippen LogP) is 8.40. The number of aromatic nitrogens is 2. The zero-order valence-electron chi connectivity index (χ0n) is 19.4. The summed E-state index contributed by atoms with van der Waals surface area (Å²) >= 11 is 3.74. The fourth-order valence-corrected chi connectivity index (χ4v) is 5.17. The molecule has 0 bridgehead atoms. The molecule has 31 heavy (non-hydrogen) atoms. The molecule has 2 aromatic rings. The molecule has 3 rings (SSSR count). The molecule has 4 heteroatoms. The van der Waals surface area contributed by atoms with E-state index >= 15 is 0 Å². The average Bonchev–Trinajstić information content (AvgIpc) is 2.80. The Morgan fingerprint density at radius 2 is 1.55 bits per heavy atom. The molecule has 0 aliphatic heterocycles. The lowest BCUT2D eigenvalue weighted by Crippen LogP contribution is -2.20. The highest BCUT2D eigenvalue weighted by atomic mass is 79.9. The quantitative estimate of drug-likeness (QED) is 0.282. The SMILES string of the molecule is CCCCCc1ccc(-c2cnc(OC[C@H]3CC[C@H](CCCCC)CC3)nc2)cc1Br. The van der Waals surface area contributed by atoms with E-state index in [1.54, 1.807) is 0 Å². The van der Waals surface area contributed by atoms with E-state index in [0.717, 1.165) is 30.1 Å². The molecule has 0 N–H and O–H groups in total. The number of ether oxygens (including phenoxy) is 1. The highest BCUT2D eigenvalue weighted by Crippen LogP contribution is 2.32. The van der Waals surface area contributed by atoms with Gasteiger partial charge < -0.3 is 4.74 Å². The Hall–Kier alpha value is -1.42. The molecule has 0 radical (unpaired) electrons. The van der Waals surface area contributed by atoms with Crippen LogP contribution in [0, 0.1) is 11.8 Å². The Bertz CT molecular complexity index is 769. The minimum absolute atomic E-state index is 0.504. The maximum atomic E-state index is 5.94. The Labute approximate surface area is 197 Å². The molecule has 0 saturated heterocycles. The van der Waals surface area contributed by atoms with Gasteiger partial charge in [0.05, 0.1) is 6.61 Å². The Morgan fingerprint density at radius 1 is 0.871 bits per heavy atom. The molecule has 1 fully saturated rings. The van der Waals surface area contributed by atoms with Crippen molar-refractivity contribution in [3.05, 3.63) is 40.6 Å². The maximum Gasteiger partial charge on any atom is 0.316 e. The topological polar surface area (TPSA) is 35.0 Å². The summed E-state index contributed by atoms with van der Waals surface area (Å²) in [6.07, 6.45) is 19.5. The van der Waals surface area contributed by atoms with Crippen LogP contribution in [0.15, 0.2) is 35.1 Å². The van der Waals surface area contributed by atoms with E-state index in [1.165, 1.54) is 80.7 Å². The van der Waals surface area contributed by atoms with Crippen molar-refractivity contribution in [1.29, 1.82) is 0 Å². The standard InChI is InChI=1S/C27H39BrN2O/c1-3-5-7-9-21-11-13-22(14-12-21)20-31-27-29-18-25(19-30-27)24-16-15-23(26(28)17-24)10-8-6-4-2/h15-19,21-22H,3-14,20H2,1-2H3/t21-,22-. The van der Waals surface area contributed by atoms with Crippen molar-refractivity contribution in [2.75, 3.05) is 6.61 Å². The van der Waals surface area contributed by atoms with Crippen molar-refractivity contribution in [3.8, 4) is 17.1 Å². The zero-order chi connectivity index (χ0) is 21.9. The highest BCUT2D eigenvalue weighted by Gasteiger charge is 2.21. The molecule has 1 heterocycles. The van der Waals surface area contributed by atoms with Crippen molar-refractivity contribution < 1.29 is 4.74 Å². The molecule has 1 aliphatic carbocycles. The molecular formula is C27H39BrN2O. The summed E-state index contributed by atoms with van der Waals surface area (Å²) in [5, 5.41) is 0. The second kappa shape index (κ2) is 13.2. The lowest BCUT2D eigenvalue weighted by Gasteiger charge is -2.28. The molecule has 0 amide bonds. The van der Waals surface area contributed by atoms with Gasteiger partial charge in [-0.3, -0.25) is 0 Å². The first-order valence-corrected chi connectivity index (χ1v) is 13.2. The molecule has 1 aromatic carbocycles. The summed E-state index contributed by atoms with van der Waals surface area (Å²) in [6.45, 7) is 5.28. The lowest BCUT2D eigenvalue weighted by atomic mass is 9.80. The molecule has 170 valence electrons. The van der Waals surface area contributed by atoms with Crippen LogP contribution in [0.5, 0.6) is 6.01 Å². The normalized spacial score (nSPS) is 18.8.